The van der Waals surface area contributed by atoms with Crippen LogP contribution < -0.4 is 5.73 Å². The van der Waals surface area contributed by atoms with Crippen LogP contribution in [0.5, 0.6) is 0 Å². The van der Waals surface area contributed by atoms with Crippen molar-refractivity contribution in [1.29, 1.82) is 0 Å². The Morgan fingerprint density at radius 3 is 3.07 bits per heavy atom. The molecule has 2 atom stereocenters. The molecule has 0 amide bonds. The molecule has 0 aliphatic carbocycles. The monoisotopic (exact) mass is 230 g/mol. The van der Waals surface area contributed by atoms with Crippen LogP contribution in [0.25, 0.3) is 0 Å². The molecule has 0 aromatic rings. The predicted octanol–water partition coefficient (Wildman–Crippen LogP) is 0.789. The fourth-order valence-electron chi connectivity index (χ4n) is 2.59. The molecule has 2 saturated heterocycles. The summed E-state index contributed by atoms with van der Waals surface area (Å²) in [5, 5.41) is 0. The van der Waals surface area contributed by atoms with Gasteiger partial charge in [0.05, 0.1) is 6.61 Å². The van der Waals surface area contributed by atoms with Crippen molar-refractivity contribution in [3.63, 3.8) is 0 Å². The topological polar surface area (TPSA) is 38.5 Å². The van der Waals surface area contributed by atoms with Crippen LogP contribution in [-0.2, 0) is 4.74 Å². The van der Waals surface area contributed by atoms with Gasteiger partial charge in [0, 0.05) is 37.4 Å². The first-order valence-corrected chi connectivity index (χ1v) is 7.17. The number of thioether (sulfide) groups is 1. The molecule has 2 N–H and O–H groups in total. The summed E-state index contributed by atoms with van der Waals surface area (Å²) in [6.45, 7) is 5.09. The Hall–Kier alpha value is 0.230. The molecule has 0 spiro atoms. The van der Waals surface area contributed by atoms with E-state index < -0.39 is 0 Å². The van der Waals surface area contributed by atoms with Crippen molar-refractivity contribution >= 4 is 11.8 Å². The highest BCUT2D eigenvalue weighted by Gasteiger charge is 2.29. The van der Waals surface area contributed by atoms with Gasteiger partial charge in [0.2, 0.25) is 0 Å². The molecule has 3 nitrogen and oxygen atoms in total. The molecular weight excluding hydrogens is 208 g/mol. The van der Waals surface area contributed by atoms with E-state index in [9.17, 15) is 0 Å². The first-order chi connectivity index (χ1) is 7.42. The fraction of sp³-hybridized carbons (Fsp3) is 1.00. The molecule has 2 rings (SSSR count). The zero-order valence-corrected chi connectivity index (χ0v) is 10.2. The molecule has 2 aliphatic rings. The van der Waals surface area contributed by atoms with Gasteiger partial charge in [0.15, 0.2) is 0 Å². The highest BCUT2D eigenvalue weighted by atomic mass is 32.2. The van der Waals surface area contributed by atoms with Crippen LogP contribution in [0.4, 0.5) is 0 Å². The summed E-state index contributed by atoms with van der Waals surface area (Å²) in [5.74, 6) is 3.26. The highest BCUT2D eigenvalue weighted by Crippen LogP contribution is 2.22. The Kier molecular flexibility index (Phi) is 4.75. The number of ether oxygens (including phenoxy) is 1. The fourth-order valence-corrected chi connectivity index (χ4v) is 3.49. The second-order valence-electron chi connectivity index (χ2n) is 4.43. The van der Waals surface area contributed by atoms with Gasteiger partial charge in [-0.05, 0) is 25.1 Å². The predicted molar refractivity (Wildman–Crippen MR) is 65.3 cm³/mol. The average Bonchev–Trinajstić information content (AvgIpc) is 2.63. The molecule has 2 aliphatic heterocycles. The third-order valence-electron chi connectivity index (χ3n) is 3.48. The number of nitrogens with two attached hydrogens (primary N) is 1. The second-order valence-corrected chi connectivity index (χ2v) is 5.65. The van der Waals surface area contributed by atoms with Crippen LogP contribution in [0.2, 0.25) is 0 Å². The Balaban J connectivity index is 1.91. The number of hydrogen-bond acceptors (Lipinski definition) is 4. The summed E-state index contributed by atoms with van der Waals surface area (Å²) < 4.78 is 5.47. The van der Waals surface area contributed by atoms with Gasteiger partial charge in [-0.15, -0.1) is 0 Å². The van der Waals surface area contributed by atoms with E-state index in [0.717, 1.165) is 19.8 Å². The van der Waals surface area contributed by atoms with Crippen molar-refractivity contribution in [3.8, 4) is 0 Å². The summed E-state index contributed by atoms with van der Waals surface area (Å²) in [6, 6.07) is 0.561. The third-order valence-corrected chi connectivity index (χ3v) is 4.53. The zero-order valence-electron chi connectivity index (χ0n) is 9.36. The van der Waals surface area contributed by atoms with Gasteiger partial charge < -0.3 is 10.5 Å². The van der Waals surface area contributed by atoms with Crippen molar-refractivity contribution < 1.29 is 4.74 Å². The van der Waals surface area contributed by atoms with E-state index in [1.807, 2.05) is 0 Å². The first-order valence-electron chi connectivity index (χ1n) is 6.01. The molecule has 2 heterocycles. The summed E-state index contributed by atoms with van der Waals surface area (Å²) in [4.78, 5) is 2.60. The van der Waals surface area contributed by atoms with E-state index >= 15 is 0 Å². The van der Waals surface area contributed by atoms with Crippen molar-refractivity contribution in [2.75, 3.05) is 44.4 Å². The smallest absolute Gasteiger partial charge is 0.0510 e. The minimum Gasteiger partial charge on any atom is -0.381 e. The summed E-state index contributed by atoms with van der Waals surface area (Å²) in [6.07, 6.45) is 2.51. The largest absolute Gasteiger partial charge is 0.381 e. The molecule has 0 aromatic heterocycles. The lowest BCUT2D eigenvalue weighted by Crippen LogP contribution is -2.46. The quantitative estimate of drug-likeness (QED) is 0.778. The molecule has 2 fully saturated rings. The van der Waals surface area contributed by atoms with Crippen molar-refractivity contribution in [2.24, 2.45) is 11.7 Å². The molecule has 0 radical (unpaired) electrons. The minimum absolute atomic E-state index is 0.561. The standard InChI is InChI=1S/C11H22N2OS/c12-8-11(10-2-5-14-9-10)13-3-1-6-15-7-4-13/h10-11H,1-9,12H2. The van der Waals surface area contributed by atoms with Crippen molar-refractivity contribution in [1.82, 2.24) is 4.90 Å². The van der Waals surface area contributed by atoms with Crippen LogP contribution in [0, 0.1) is 5.92 Å². The van der Waals surface area contributed by atoms with E-state index in [4.69, 9.17) is 10.5 Å². The van der Waals surface area contributed by atoms with E-state index in [0.29, 0.717) is 12.0 Å². The number of rotatable bonds is 3. The number of hydrogen-bond donors (Lipinski definition) is 1. The van der Waals surface area contributed by atoms with E-state index in [1.165, 1.54) is 37.4 Å². The lowest BCUT2D eigenvalue weighted by atomic mass is 9.97. The van der Waals surface area contributed by atoms with Gasteiger partial charge in [-0.2, -0.15) is 11.8 Å². The average molecular weight is 230 g/mol. The highest BCUT2D eigenvalue weighted by molar-refractivity contribution is 7.99. The zero-order chi connectivity index (χ0) is 10.5. The summed E-state index contributed by atoms with van der Waals surface area (Å²) >= 11 is 2.08. The molecule has 0 bridgehead atoms. The summed E-state index contributed by atoms with van der Waals surface area (Å²) in [7, 11) is 0. The van der Waals surface area contributed by atoms with Crippen LogP contribution in [0.15, 0.2) is 0 Å². The van der Waals surface area contributed by atoms with Crippen LogP contribution in [0.1, 0.15) is 12.8 Å². The lowest BCUT2D eigenvalue weighted by molar-refractivity contribution is 0.128. The minimum atomic E-state index is 0.561. The van der Waals surface area contributed by atoms with E-state index in [-0.39, 0.29) is 0 Å². The Labute approximate surface area is 96.7 Å². The van der Waals surface area contributed by atoms with Crippen molar-refractivity contribution in [3.05, 3.63) is 0 Å². The Morgan fingerprint density at radius 2 is 2.33 bits per heavy atom. The SMILES string of the molecule is NCC(C1CCOC1)N1CCCSCC1. The molecule has 4 heteroatoms. The van der Waals surface area contributed by atoms with E-state index in [2.05, 4.69) is 16.7 Å². The van der Waals surface area contributed by atoms with Gasteiger partial charge in [-0.1, -0.05) is 0 Å². The first kappa shape index (κ1) is 11.7. The molecule has 0 aromatic carbocycles. The van der Waals surface area contributed by atoms with Crippen LogP contribution in [-0.4, -0.2) is 55.3 Å². The maximum Gasteiger partial charge on any atom is 0.0510 e. The Morgan fingerprint density at radius 1 is 1.40 bits per heavy atom. The molecule has 88 valence electrons. The normalized spacial score (nSPS) is 31.4. The molecular formula is C11H22N2OS. The number of nitrogens with zero attached hydrogens (tertiary/aromatic N) is 1. The molecule has 2 unspecified atom stereocenters. The van der Waals surface area contributed by atoms with Gasteiger partial charge >= 0.3 is 0 Å². The van der Waals surface area contributed by atoms with E-state index in [1.54, 1.807) is 0 Å². The van der Waals surface area contributed by atoms with Gasteiger partial charge in [-0.3, -0.25) is 4.90 Å². The second kappa shape index (κ2) is 6.09. The van der Waals surface area contributed by atoms with Crippen LogP contribution in [0.3, 0.4) is 0 Å². The van der Waals surface area contributed by atoms with Gasteiger partial charge in [0.1, 0.15) is 0 Å². The molecule has 15 heavy (non-hydrogen) atoms. The van der Waals surface area contributed by atoms with Gasteiger partial charge in [-0.25, -0.2) is 0 Å². The van der Waals surface area contributed by atoms with Crippen molar-refractivity contribution in [2.45, 2.75) is 18.9 Å². The maximum absolute atomic E-state index is 5.93. The van der Waals surface area contributed by atoms with Crippen LogP contribution >= 0.6 is 11.8 Å². The molecule has 0 saturated carbocycles. The lowest BCUT2D eigenvalue weighted by Gasteiger charge is -2.33. The maximum atomic E-state index is 5.93. The third kappa shape index (κ3) is 3.09. The summed E-state index contributed by atoms with van der Waals surface area (Å²) in [5.41, 5.74) is 5.93. The van der Waals surface area contributed by atoms with Gasteiger partial charge in [0.25, 0.3) is 0 Å². The Bertz CT molecular complexity index is 177.